The van der Waals surface area contributed by atoms with E-state index in [4.69, 9.17) is 0 Å². The van der Waals surface area contributed by atoms with Crippen LogP contribution in [0, 0.1) is 15.9 Å². The standard InChI is InChI=1S/C26H27FN4O6S/c1-3-28-26(33)19(2)29(17-20-9-11-21(27)12-10-20)25(32)18-30(22-13-15-23(16-14-22)31(34)35)38(36,37)24-7-5-4-6-8-24/h4-16,19H,3,17-18H2,1-2H3,(H,28,33). The smallest absolute Gasteiger partial charge is 0.269 e. The molecule has 10 nitrogen and oxygen atoms in total. The van der Waals surface area contributed by atoms with Crippen LogP contribution >= 0.6 is 0 Å². The number of hydrogen-bond donors (Lipinski definition) is 1. The molecular weight excluding hydrogens is 515 g/mol. The number of anilines is 1. The second-order valence-corrected chi connectivity index (χ2v) is 10.2. The summed E-state index contributed by atoms with van der Waals surface area (Å²) in [4.78, 5) is 37.9. The number of nitro groups is 1. The van der Waals surface area contributed by atoms with Crippen LogP contribution in [0.1, 0.15) is 19.4 Å². The van der Waals surface area contributed by atoms with Gasteiger partial charge in [0, 0.05) is 25.2 Å². The molecule has 0 saturated heterocycles. The van der Waals surface area contributed by atoms with Crippen LogP contribution in [0.5, 0.6) is 0 Å². The van der Waals surface area contributed by atoms with E-state index >= 15 is 0 Å². The maximum Gasteiger partial charge on any atom is 0.269 e. The first-order chi connectivity index (χ1) is 18.0. The Labute approximate surface area is 219 Å². The molecule has 0 aliphatic carbocycles. The third kappa shape index (κ3) is 6.71. The van der Waals surface area contributed by atoms with Gasteiger partial charge in [-0.1, -0.05) is 30.3 Å². The van der Waals surface area contributed by atoms with Gasteiger partial charge >= 0.3 is 0 Å². The van der Waals surface area contributed by atoms with Crippen LogP contribution < -0.4 is 9.62 Å². The number of nitrogens with one attached hydrogen (secondary N) is 1. The van der Waals surface area contributed by atoms with Crippen LogP contribution in [0.4, 0.5) is 15.8 Å². The molecule has 0 saturated carbocycles. The highest BCUT2D eigenvalue weighted by molar-refractivity contribution is 7.92. The number of carbonyl (C=O) groups excluding carboxylic acids is 2. The predicted molar refractivity (Wildman–Crippen MR) is 139 cm³/mol. The Balaban J connectivity index is 2.03. The number of non-ortho nitro benzene ring substituents is 1. The van der Waals surface area contributed by atoms with Crippen molar-refractivity contribution < 1.29 is 27.3 Å². The molecule has 0 aliphatic rings. The van der Waals surface area contributed by atoms with Crippen molar-refractivity contribution >= 4 is 33.2 Å². The Hall–Kier alpha value is -4.32. The van der Waals surface area contributed by atoms with E-state index in [1.807, 2.05) is 0 Å². The lowest BCUT2D eigenvalue weighted by Gasteiger charge is -2.32. The number of sulfonamides is 1. The highest BCUT2D eigenvalue weighted by Crippen LogP contribution is 2.26. The number of carbonyl (C=O) groups is 2. The maximum absolute atomic E-state index is 13.7. The summed E-state index contributed by atoms with van der Waals surface area (Å²) in [5.41, 5.74) is 0.309. The van der Waals surface area contributed by atoms with E-state index in [0.29, 0.717) is 12.1 Å². The van der Waals surface area contributed by atoms with Crippen LogP contribution in [-0.2, 0) is 26.2 Å². The molecule has 0 fully saturated rings. The summed E-state index contributed by atoms with van der Waals surface area (Å²) < 4.78 is 41.5. The van der Waals surface area contributed by atoms with Gasteiger partial charge in [-0.3, -0.25) is 24.0 Å². The molecular formula is C26H27FN4O6S. The molecule has 0 aromatic heterocycles. The van der Waals surface area contributed by atoms with Gasteiger partial charge in [0.25, 0.3) is 15.7 Å². The fourth-order valence-electron chi connectivity index (χ4n) is 3.68. The molecule has 1 N–H and O–H groups in total. The Bertz CT molecular complexity index is 1380. The number of rotatable bonds is 11. The highest BCUT2D eigenvalue weighted by atomic mass is 32.2. The molecule has 0 heterocycles. The lowest BCUT2D eigenvalue weighted by atomic mass is 10.1. The molecule has 200 valence electrons. The minimum absolute atomic E-state index is 0.0280. The predicted octanol–water partition coefficient (Wildman–Crippen LogP) is 3.48. The molecule has 38 heavy (non-hydrogen) atoms. The third-order valence-electron chi connectivity index (χ3n) is 5.74. The number of likely N-dealkylation sites (N-methyl/N-ethyl adjacent to an activating group) is 1. The van der Waals surface area contributed by atoms with Gasteiger partial charge in [0.2, 0.25) is 11.8 Å². The van der Waals surface area contributed by atoms with Gasteiger partial charge in [0.15, 0.2) is 0 Å². The van der Waals surface area contributed by atoms with Crippen LogP contribution in [0.15, 0.2) is 83.8 Å². The number of amides is 2. The van der Waals surface area contributed by atoms with Crippen molar-refractivity contribution in [1.29, 1.82) is 0 Å². The van der Waals surface area contributed by atoms with E-state index in [1.165, 1.54) is 72.5 Å². The van der Waals surface area contributed by atoms with E-state index in [0.717, 1.165) is 16.4 Å². The second-order valence-electron chi connectivity index (χ2n) is 8.32. The van der Waals surface area contributed by atoms with Gasteiger partial charge in [-0.25, -0.2) is 12.8 Å². The highest BCUT2D eigenvalue weighted by Gasteiger charge is 2.32. The summed E-state index contributed by atoms with van der Waals surface area (Å²) in [5, 5.41) is 13.8. The van der Waals surface area contributed by atoms with Crippen LogP contribution in [0.25, 0.3) is 0 Å². The van der Waals surface area contributed by atoms with E-state index in [2.05, 4.69) is 5.32 Å². The fraction of sp³-hybridized carbons (Fsp3) is 0.231. The zero-order valence-corrected chi connectivity index (χ0v) is 21.6. The van der Waals surface area contributed by atoms with Crippen LogP contribution in [0.3, 0.4) is 0 Å². The van der Waals surface area contributed by atoms with Crippen LogP contribution in [0.2, 0.25) is 0 Å². The van der Waals surface area contributed by atoms with Gasteiger partial charge < -0.3 is 10.2 Å². The van der Waals surface area contributed by atoms with Gasteiger partial charge in [0.05, 0.1) is 15.5 Å². The minimum atomic E-state index is -4.28. The molecule has 12 heteroatoms. The van der Waals surface area contributed by atoms with Gasteiger partial charge in [0.1, 0.15) is 18.4 Å². The lowest BCUT2D eigenvalue weighted by molar-refractivity contribution is -0.384. The van der Waals surface area contributed by atoms with Gasteiger partial charge in [-0.15, -0.1) is 0 Å². The summed E-state index contributed by atoms with van der Waals surface area (Å²) in [6.45, 7) is 2.77. The first-order valence-electron chi connectivity index (χ1n) is 11.7. The summed E-state index contributed by atoms with van der Waals surface area (Å²) in [5.74, 6) is -1.62. The Morgan fingerprint density at radius 3 is 2.16 bits per heavy atom. The topological polar surface area (TPSA) is 130 Å². The average Bonchev–Trinajstić information content (AvgIpc) is 2.91. The quantitative estimate of drug-likeness (QED) is 0.292. The van der Waals surface area contributed by atoms with Crippen molar-refractivity contribution in [3.05, 3.63) is 100 Å². The Morgan fingerprint density at radius 2 is 1.61 bits per heavy atom. The molecule has 0 bridgehead atoms. The molecule has 3 rings (SSSR count). The molecule has 1 unspecified atom stereocenters. The van der Waals surface area contributed by atoms with Crippen LogP contribution in [-0.4, -0.2) is 49.2 Å². The Kier molecular flexibility index (Phi) is 9.13. The van der Waals surface area contributed by atoms with E-state index in [1.54, 1.807) is 13.0 Å². The lowest BCUT2D eigenvalue weighted by Crippen LogP contribution is -2.51. The van der Waals surface area contributed by atoms with E-state index in [9.17, 15) is 32.5 Å². The molecule has 0 spiro atoms. The largest absolute Gasteiger partial charge is 0.355 e. The summed E-state index contributed by atoms with van der Waals surface area (Å²) >= 11 is 0. The SMILES string of the molecule is CCNC(=O)C(C)N(Cc1ccc(F)cc1)C(=O)CN(c1ccc([N+](=O)[O-])cc1)S(=O)(=O)c1ccccc1. The van der Waals surface area contributed by atoms with Crippen molar-refractivity contribution in [2.45, 2.75) is 31.3 Å². The van der Waals surface area contributed by atoms with Crippen molar-refractivity contribution in [3.63, 3.8) is 0 Å². The maximum atomic E-state index is 13.7. The number of nitrogens with zero attached hydrogens (tertiary/aromatic N) is 3. The average molecular weight is 543 g/mol. The number of hydrogen-bond acceptors (Lipinski definition) is 6. The minimum Gasteiger partial charge on any atom is -0.355 e. The normalized spacial score (nSPS) is 11.9. The zero-order valence-electron chi connectivity index (χ0n) is 20.8. The summed E-state index contributed by atoms with van der Waals surface area (Å²) in [6.07, 6.45) is 0. The Morgan fingerprint density at radius 1 is 1.00 bits per heavy atom. The molecule has 1 atom stereocenters. The molecule has 0 radical (unpaired) electrons. The first-order valence-corrected chi connectivity index (χ1v) is 13.1. The second kappa shape index (κ2) is 12.3. The molecule has 0 aliphatic heterocycles. The van der Waals surface area contributed by atoms with Crippen molar-refractivity contribution in [3.8, 4) is 0 Å². The molecule has 3 aromatic carbocycles. The molecule has 2 amide bonds. The number of halogens is 1. The van der Waals surface area contributed by atoms with Crippen molar-refractivity contribution in [2.24, 2.45) is 0 Å². The van der Waals surface area contributed by atoms with Crippen molar-refractivity contribution in [1.82, 2.24) is 10.2 Å². The van der Waals surface area contributed by atoms with Gasteiger partial charge in [-0.05, 0) is 55.8 Å². The molecule has 3 aromatic rings. The summed E-state index contributed by atoms with van der Waals surface area (Å²) in [7, 11) is -4.28. The van der Waals surface area contributed by atoms with Gasteiger partial charge in [-0.2, -0.15) is 0 Å². The zero-order chi connectivity index (χ0) is 27.9. The summed E-state index contributed by atoms with van der Waals surface area (Å²) in [6, 6.07) is 16.6. The van der Waals surface area contributed by atoms with E-state index < -0.39 is 45.2 Å². The van der Waals surface area contributed by atoms with E-state index in [-0.39, 0.29) is 22.8 Å². The fourth-order valence-corrected chi connectivity index (χ4v) is 5.12. The van der Waals surface area contributed by atoms with Crippen molar-refractivity contribution in [2.75, 3.05) is 17.4 Å². The third-order valence-corrected chi connectivity index (χ3v) is 7.53. The monoisotopic (exact) mass is 542 g/mol. The number of benzene rings is 3. The first kappa shape index (κ1) is 28.3. The number of nitro benzene ring substituents is 1.